The van der Waals surface area contributed by atoms with E-state index < -0.39 is 0 Å². The van der Waals surface area contributed by atoms with Gasteiger partial charge in [0.25, 0.3) is 0 Å². The van der Waals surface area contributed by atoms with E-state index in [9.17, 15) is 0 Å². The molecule has 2 N–H and O–H groups in total. The van der Waals surface area contributed by atoms with Gasteiger partial charge in [0, 0.05) is 0 Å². The van der Waals surface area contributed by atoms with E-state index in [0.717, 1.165) is 10.2 Å². The van der Waals surface area contributed by atoms with E-state index in [4.69, 9.17) is 5.73 Å². The van der Waals surface area contributed by atoms with Gasteiger partial charge in [-0.15, -0.1) is 12.4 Å². The molecule has 0 aliphatic heterocycles. The molecule has 2 rings (SSSR count). The molecule has 12 heavy (non-hydrogen) atoms. The van der Waals surface area contributed by atoms with Gasteiger partial charge in [0.05, 0.1) is 10.2 Å². The van der Waals surface area contributed by atoms with Crippen molar-refractivity contribution in [3.05, 3.63) is 23.8 Å². The molecule has 2 nitrogen and oxygen atoms in total. The number of nitrogens with two attached hydrogens (primary N) is 1. The summed E-state index contributed by atoms with van der Waals surface area (Å²) in [5.41, 5.74) is 7.78. The molecule has 1 aromatic heterocycles. The SMILES string of the molecule is Cc1ccc2sc(N)nc2c1.Cl. The van der Waals surface area contributed by atoms with Gasteiger partial charge in [0.1, 0.15) is 0 Å². The average Bonchev–Trinajstić information content (AvgIpc) is 2.27. The molecular formula is C8H9ClN2S. The summed E-state index contributed by atoms with van der Waals surface area (Å²) in [6.45, 7) is 2.05. The van der Waals surface area contributed by atoms with Crippen LogP contribution in [-0.2, 0) is 0 Å². The first-order valence-corrected chi connectivity index (χ1v) is 4.20. The number of anilines is 1. The first-order chi connectivity index (χ1) is 5.25. The second-order valence-corrected chi connectivity index (χ2v) is 3.59. The minimum atomic E-state index is 0. The van der Waals surface area contributed by atoms with Gasteiger partial charge in [-0.2, -0.15) is 0 Å². The highest BCUT2D eigenvalue weighted by Crippen LogP contribution is 2.23. The van der Waals surface area contributed by atoms with E-state index in [-0.39, 0.29) is 12.4 Å². The van der Waals surface area contributed by atoms with Crippen LogP contribution in [0, 0.1) is 6.92 Å². The summed E-state index contributed by atoms with van der Waals surface area (Å²) in [5, 5.41) is 0.644. The zero-order valence-electron chi connectivity index (χ0n) is 6.57. The van der Waals surface area contributed by atoms with Gasteiger partial charge in [-0.3, -0.25) is 0 Å². The van der Waals surface area contributed by atoms with E-state index in [1.165, 1.54) is 16.9 Å². The number of hydrogen-bond acceptors (Lipinski definition) is 3. The molecule has 0 fully saturated rings. The fourth-order valence-electron chi connectivity index (χ4n) is 1.06. The van der Waals surface area contributed by atoms with Crippen LogP contribution in [0.1, 0.15) is 5.56 Å². The van der Waals surface area contributed by atoms with Crippen molar-refractivity contribution in [3.8, 4) is 0 Å². The Morgan fingerprint density at radius 3 is 2.92 bits per heavy atom. The zero-order valence-corrected chi connectivity index (χ0v) is 8.21. The van der Waals surface area contributed by atoms with Crippen LogP contribution in [0.4, 0.5) is 5.13 Å². The predicted octanol–water partition coefficient (Wildman–Crippen LogP) is 2.61. The van der Waals surface area contributed by atoms with E-state index in [2.05, 4.69) is 24.0 Å². The Kier molecular flexibility index (Phi) is 2.55. The van der Waals surface area contributed by atoms with Crippen molar-refractivity contribution in [2.24, 2.45) is 0 Å². The van der Waals surface area contributed by atoms with Crippen LogP contribution in [0.15, 0.2) is 18.2 Å². The van der Waals surface area contributed by atoms with Crippen LogP contribution < -0.4 is 5.73 Å². The van der Waals surface area contributed by atoms with Gasteiger partial charge in [0.15, 0.2) is 5.13 Å². The summed E-state index contributed by atoms with van der Waals surface area (Å²) in [7, 11) is 0. The van der Waals surface area contributed by atoms with E-state index in [1.807, 2.05) is 6.07 Å². The molecule has 0 saturated carbocycles. The fraction of sp³-hybridized carbons (Fsp3) is 0.125. The van der Waals surface area contributed by atoms with Crippen molar-refractivity contribution in [3.63, 3.8) is 0 Å². The highest BCUT2D eigenvalue weighted by atomic mass is 35.5. The molecule has 0 saturated heterocycles. The normalized spacial score (nSPS) is 9.75. The van der Waals surface area contributed by atoms with Gasteiger partial charge >= 0.3 is 0 Å². The first kappa shape index (κ1) is 9.29. The Morgan fingerprint density at radius 2 is 2.17 bits per heavy atom. The molecule has 64 valence electrons. The third-order valence-corrected chi connectivity index (χ3v) is 2.43. The number of nitrogen functional groups attached to an aromatic ring is 1. The summed E-state index contributed by atoms with van der Waals surface area (Å²) in [6, 6.07) is 6.17. The summed E-state index contributed by atoms with van der Waals surface area (Å²) in [4.78, 5) is 4.17. The minimum Gasteiger partial charge on any atom is -0.375 e. The number of benzene rings is 1. The minimum absolute atomic E-state index is 0. The quantitative estimate of drug-likeness (QED) is 0.710. The number of hydrogen-bond donors (Lipinski definition) is 1. The highest BCUT2D eigenvalue weighted by molar-refractivity contribution is 7.22. The predicted molar refractivity (Wildman–Crippen MR) is 56.0 cm³/mol. The molecule has 0 atom stereocenters. The van der Waals surface area contributed by atoms with Crippen molar-refractivity contribution in [1.29, 1.82) is 0 Å². The lowest BCUT2D eigenvalue weighted by molar-refractivity contribution is 1.45. The first-order valence-electron chi connectivity index (χ1n) is 3.38. The van der Waals surface area contributed by atoms with Crippen molar-refractivity contribution in [2.75, 3.05) is 5.73 Å². The maximum atomic E-state index is 5.55. The third-order valence-electron chi connectivity index (χ3n) is 1.56. The molecule has 2 aromatic rings. The third kappa shape index (κ3) is 1.52. The highest BCUT2D eigenvalue weighted by Gasteiger charge is 1.98. The molecular weight excluding hydrogens is 192 g/mol. The van der Waals surface area contributed by atoms with Gasteiger partial charge < -0.3 is 5.73 Å². The van der Waals surface area contributed by atoms with Crippen LogP contribution in [0.5, 0.6) is 0 Å². The second kappa shape index (κ2) is 3.29. The Bertz CT molecular complexity index is 397. The zero-order chi connectivity index (χ0) is 7.84. The Balaban J connectivity index is 0.000000720. The Labute approximate surface area is 80.8 Å². The summed E-state index contributed by atoms with van der Waals surface area (Å²) in [5.74, 6) is 0. The van der Waals surface area contributed by atoms with Crippen LogP contribution in [-0.4, -0.2) is 4.98 Å². The molecule has 0 radical (unpaired) electrons. The van der Waals surface area contributed by atoms with Crippen molar-refractivity contribution < 1.29 is 0 Å². The lowest BCUT2D eigenvalue weighted by atomic mass is 10.2. The van der Waals surface area contributed by atoms with Crippen LogP contribution in [0.2, 0.25) is 0 Å². The summed E-state index contributed by atoms with van der Waals surface area (Å²) < 4.78 is 1.16. The molecule has 0 unspecified atom stereocenters. The standard InChI is InChI=1S/C8H8N2S.ClH/c1-5-2-3-7-6(4-5)10-8(9)11-7;/h2-4H,1H3,(H2,9,10);1H. The van der Waals surface area contributed by atoms with Crippen molar-refractivity contribution in [2.45, 2.75) is 6.92 Å². The van der Waals surface area contributed by atoms with E-state index in [0.29, 0.717) is 5.13 Å². The number of nitrogens with zero attached hydrogens (tertiary/aromatic N) is 1. The molecule has 0 bridgehead atoms. The number of thiazole rings is 1. The summed E-state index contributed by atoms with van der Waals surface area (Å²) >= 11 is 1.53. The average molecular weight is 201 g/mol. The fourth-order valence-corrected chi connectivity index (χ4v) is 1.77. The Hall–Kier alpha value is -0.800. The van der Waals surface area contributed by atoms with Gasteiger partial charge in [-0.25, -0.2) is 4.98 Å². The smallest absolute Gasteiger partial charge is 0.181 e. The monoisotopic (exact) mass is 200 g/mol. The topological polar surface area (TPSA) is 38.9 Å². The number of halogens is 1. The lowest BCUT2D eigenvalue weighted by Gasteiger charge is -1.88. The summed E-state index contributed by atoms with van der Waals surface area (Å²) in [6.07, 6.45) is 0. The molecule has 0 amide bonds. The van der Waals surface area contributed by atoms with Crippen molar-refractivity contribution >= 4 is 39.1 Å². The molecule has 0 aliphatic carbocycles. The van der Waals surface area contributed by atoms with Crippen LogP contribution >= 0.6 is 23.7 Å². The van der Waals surface area contributed by atoms with E-state index in [1.54, 1.807) is 0 Å². The maximum absolute atomic E-state index is 5.55. The number of aryl methyl sites for hydroxylation is 1. The van der Waals surface area contributed by atoms with Gasteiger partial charge in [-0.05, 0) is 24.6 Å². The molecule has 1 aromatic carbocycles. The number of aromatic nitrogens is 1. The van der Waals surface area contributed by atoms with Gasteiger partial charge in [0.2, 0.25) is 0 Å². The van der Waals surface area contributed by atoms with Gasteiger partial charge in [-0.1, -0.05) is 17.4 Å². The number of rotatable bonds is 0. The Morgan fingerprint density at radius 1 is 1.42 bits per heavy atom. The maximum Gasteiger partial charge on any atom is 0.181 e. The molecule has 4 heteroatoms. The molecule has 1 heterocycles. The lowest BCUT2D eigenvalue weighted by Crippen LogP contribution is -1.79. The molecule has 0 aliphatic rings. The second-order valence-electron chi connectivity index (χ2n) is 2.52. The van der Waals surface area contributed by atoms with E-state index >= 15 is 0 Å². The largest absolute Gasteiger partial charge is 0.375 e. The molecule has 0 spiro atoms. The van der Waals surface area contributed by atoms with Crippen LogP contribution in [0.3, 0.4) is 0 Å². The van der Waals surface area contributed by atoms with Crippen LogP contribution in [0.25, 0.3) is 10.2 Å². The van der Waals surface area contributed by atoms with Crippen molar-refractivity contribution in [1.82, 2.24) is 4.98 Å². The number of fused-ring (bicyclic) bond motifs is 1.